The first-order valence-corrected chi connectivity index (χ1v) is 11.2. The fourth-order valence-corrected chi connectivity index (χ4v) is 2.68. The molecule has 0 heterocycles. The molecule has 1 rings (SSSR count). The van der Waals surface area contributed by atoms with E-state index in [9.17, 15) is 9.59 Å². The second kappa shape index (κ2) is 18.8. The van der Waals surface area contributed by atoms with Crippen LogP contribution in [0, 0.1) is 5.92 Å². The van der Waals surface area contributed by atoms with E-state index in [0.29, 0.717) is 13.2 Å². The number of esters is 2. The molecule has 0 fully saturated rings. The predicted octanol–water partition coefficient (Wildman–Crippen LogP) is 6.54. The molecule has 0 radical (unpaired) electrons. The second-order valence-electron chi connectivity index (χ2n) is 7.79. The Bertz CT molecular complexity index is 452. The Morgan fingerprint density at radius 3 is 2.11 bits per heavy atom. The largest absolute Gasteiger partial charge is 0.463 e. The first-order chi connectivity index (χ1) is 13.5. The maximum atomic E-state index is 11.3. The van der Waals surface area contributed by atoms with Crippen LogP contribution in [-0.2, 0) is 19.1 Å². The zero-order valence-corrected chi connectivity index (χ0v) is 18.5. The lowest BCUT2D eigenvalue weighted by Crippen LogP contribution is -2.12. The van der Waals surface area contributed by atoms with E-state index in [4.69, 9.17) is 9.47 Å². The third kappa shape index (κ3) is 16.6. The molecule has 0 bridgehead atoms. The van der Waals surface area contributed by atoms with Crippen molar-refractivity contribution in [1.29, 1.82) is 0 Å². The number of ether oxygens (including phenoxy) is 2. The third-order valence-corrected chi connectivity index (χ3v) is 4.63. The molecular weight excluding hydrogens is 352 g/mol. The molecule has 0 aliphatic heterocycles. The van der Waals surface area contributed by atoms with E-state index in [1.165, 1.54) is 51.0 Å². The highest BCUT2D eigenvalue weighted by Gasteiger charge is 2.15. The Morgan fingerprint density at radius 2 is 1.57 bits per heavy atom. The van der Waals surface area contributed by atoms with Gasteiger partial charge in [-0.25, -0.2) is 9.59 Å². The zero-order chi connectivity index (χ0) is 21.0. The van der Waals surface area contributed by atoms with Gasteiger partial charge in [0, 0.05) is 11.6 Å². The molecule has 4 heteroatoms. The molecule has 0 aromatic rings. The van der Waals surface area contributed by atoms with Gasteiger partial charge in [-0.2, -0.15) is 0 Å². The fourth-order valence-electron chi connectivity index (χ4n) is 2.68. The summed E-state index contributed by atoms with van der Waals surface area (Å²) in [7, 11) is 0. The van der Waals surface area contributed by atoms with Crippen molar-refractivity contribution >= 4 is 11.9 Å². The van der Waals surface area contributed by atoms with Crippen molar-refractivity contribution in [2.24, 2.45) is 5.92 Å². The van der Waals surface area contributed by atoms with Crippen LogP contribution in [0.3, 0.4) is 0 Å². The van der Waals surface area contributed by atoms with Gasteiger partial charge in [0.25, 0.3) is 0 Å². The Balaban J connectivity index is 0.000000528. The van der Waals surface area contributed by atoms with Crippen molar-refractivity contribution in [2.75, 3.05) is 13.2 Å². The minimum absolute atomic E-state index is 0.0881. The van der Waals surface area contributed by atoms with Crippen molar-refractivity contribution in [3.8, 4) is 0 Å². The normalized spacial score (nSPS) is 12.4. The van der Waals surface area contributed by atoms with Crippen molar-refractivity contribution in [2.45, 2.75) is 97.8 Å². The van der Waals surface area contributed by atoms with Crippen LogP contribution >= 0.6 is 0 Å². The summed E-state index contributed by atoms with van der Waals surface area (Å²) in [6.45, 7) is 11.1. The van der Waals surface area contributed by atoms with Crippen LogP contribution in [0.2, 0.25) is 0 Å². The standard InChI is InChI=1S/C13H22O2.C11H20O2/c1-2-3-4-5-6-7-11-15-13(14)12-9-8-10-12;1-4-11(12)13-9-7-5-6-8-10(2)3/h9H,2-8,10-11H2,1H3;4,10H,1,5-9H2,2-3H3. The number of hydrogen-bond donors (Lipinski definition) is 0. The van der Waals surface area contributed by atoms with E-state index in [0.717, 1.165) is 43.6 Å². The minimum atomic E-state index is -0.316. The number of unbranched alkanes of at least 4 members (excludes halogenated alkanes) is 7. The third-order valence-electron chi connectivity index (χ3n) is 4.63. The molecule has 162 valence electrons. The zero-order valence-electron chi connectivity index (χ0n) is 18.5. The number of allylic oxidation sites excluding steroid dienone is 1. The summed E-state index contributed by atoms with van der Waals surface area (Å²) in [6.07, 6.45) is 17.1. The number of rotatable bonds is 15. The molecule has 28 heavy (non-hydrogen) atoms. The number of carbonyl (C=O) groups excluding carboxylic acids is 2. The first kappa shape index (κ1) is 26.4. The predicted molar refractivity (Wildman–Crippen MR) is 116 cm³/mol. The van der Waals surface area contributed by atoms with Crippen LogP contribution in [0.4, 0.5) is 0 Å². The Morgan fingerprint density at radius 1 is 1.00 bits per heavy atom. The molecule has 4 nitrogen and oxygen atoms in total. The van der Waals surface area contributed by atoms with Crippen LogP contribution in [0.1, 0.15) is 97.8 Å². The average Bonchev–Trinajstić information content (AvgIpc) is 2.62. The quantitative estimate of drug-likeness (QED) is 0.180. The summed E-state index contributed by atoms with van der Waals surface area (Å²) >= 11 is 0. The van der Waals surface area contributed by atoms with E-state index in [2.05, 4.69) is 27.4 Å². The van der Waals surface area contributed by atoms with E-state index in [-0.39, 0.29) is 11.9 Å². The molecule has 1 aliphatic rings. The van der Waals surface area contributed by atoms with Crippen molar-refractivity contribution in [3.63, 3.8) is 0 Å². The van der Waals surface area contributed by atoms with E-state index >= 15 is 0 Å². The molecular formula is C24H42O4. The highest BCUT2D eigenvalue weighted by Crippen LogP contribution is 2.19. The van der Waals surface area contributed by atoms with Crippen LogP contribution in [0.15, 0.2) is 24.3 Å². The smallest absolute Gasteiger partial charge is 0.333 e. The van der Waals surface area contributed by atoms with E-state index in [1.807, 2.05) is 6.08 Å². The minimum Gasteiger partial charge on any atom is -0.463 e. The Hall–Kier alpha value is -1.58. The maximum absolute atomic E-state index is 11.3. The van der Waals surface area contributed by atoms with Gasteiger partial charge in [0.05, 0.1) is 13.2 Å². The highest BCUT2D eigenvalue weighted by molar-refractivity contribution is 5.89. The summed E-state index contributed by atoms with van der Waals surface area (Å²) < 4.78 is 9.99. The molecule has 0 amide bonds. The van der Waals surface area contributed by atoms with Gasteiger partial charge in [-0.05, 0) is 31.6 Å². The van der Waals surface area contributed by atoms with E-state index < -0.39 is 0 Å². The van der Waals surface area contributed by atoms with Gasteiger partial charge in [-0.3, -0.25) is 0 Å². The molecule has 0 atom stereocenters. The lowest BCUT2D eigenvalue weighted by Gasteiger charge is -2.12. The fraction of sp³-hybridized carbons (Fsp3) is 0.750. The lowest BCUT2D eigenvalue weighted by atomic mass is 10.00. The molecule has 0 spiro atoms. The van der Waals surface area contributed by atoms with Gasteiger partial charge in [0.15, 0.2) is 0 Å². The van der Waals surface area contributed by atoms with Gasteiger partial charge in [0.2, 0.25) is 0 Å². The number of carbonyl (C=O) groups is 2. The molecule has 0 saturated heterocycles. The molecule has 1 aliphatic carbocycles. The second-order valence-corrected chi connectivity index (χ2v) is 7.79. The van der Waals surface area contributed by atoms with Gasteiger partial charge in [0.1, 0.15) is 0 Å². The van der Waals surface area contributed by atoms with Gasteiger partial charge >= 0.3 is 11.9 Å². The summed E-state index contributed by atoms with van der Waals surface area (Å²) in [4.78, 5) is 21.9. The molecule has 0 unspecified atom stereocenters. The van der Waals surface area contributed by atoms with E-state index in [1.54, 1.807) is 0 Å². The molecule has 0 aromatic heterocycles. The molecule has 0 saturated carbocycles. The summed E-state index contributed by atoms with van der Waals surface area (Å²) in [5.41, 5.74) is 0.876. The Kier molecular flexibility index (Phi) is 17.7. The van der Waals surface area contributed by atoms with Gasteiger partial charge in [-0.1, -0.05) is 84.8 Å². The first-order valence-electron chi connectivity index (χ1n) is 11.2. The monoisotopic (exact) mass is 394 g/mol. The topological polar surface area (TPSA) is 52.6 Å². The van der Waals surface area contributed by atoms with Crippen LogP contribution in [0.5, 0.6) is 0 Å². The van der Waals surface area contributed by atoms with Crippen LogP contribution in [-0.4, -0.2) is 25.2 Å². The lowest BCUT2D eigenvalue weighted by molar-refractivity contribution is -0.140. The average molecular weight is 395 g/mol. The van der Waals surface area contributed by atoms with Gasteiger partial charge < -0.3 is 9.47 Å². The van der Waals surface area contributed by atoms with Crippen LogP contribution < -0.4 is 0 Å². The highest BCUT2D eigenvalue weighted by atomic mass is 16.5. The molecule has 0 N–H and O–H groups in total. The van der Waals surface area contributed by atoms with Crippen molar-refractivity contribution < 1.29 is 19.1 Å². The van der Waals surface area contributed by atoms with Crippen molar-refractivity contribution in [1.82, 2.24) is 0 Å². The molecule has 0 aromatic carbocycles. The summed E-state index contributed by atoms with van der Waals surface area (Å²) in [6, 6.07) is 0. The van der Waals surface area contributed by atoms with Crippen LogP contribution in [0.25, 0.3) is 0 Å². The summed E-state index contributed by atoms with van der Waals surface area (Å²) in [5, 5.41) is 0. The van der Waals surface area contributed by atoms with Crippen molar-refractivity contribution in [3.05, 3.63) is 24.3 Å². The summed E-state index contributed by atoms with van der Waals surface area (Å²) in [5.74, 6) is 0.370. The Labute approximate surface area is 172 Å². The van der Waals surface area contributed by atoms with Gasteiger partial charge in [-0.15, -0.1) is 0 Å². The number of hydrogen-bond acceptors (Lipinski definition) is 4. The SMILES string of the molecule is C=CC(=O)OCCCCCC(C)C.CCCCCCCCOC(=O)C1=CCC1. The maximum Gasteiger partial charge on any atom is 0.333 e.